The number of thiophene rings is 1. The number of aliphatic carboxylic acids is 1. The zero-order valence-electron chi connectivity index (χ0n) is 11.5. The summed E-state index contributed by atoms with van der Waals surface area (Å²) in [5, 5.41) is 11.5. The van der Waals surface area contributed by atoms with Crippen molar-refractivity contribution in [1.82, 2.24) is 9.97 Å². The van der Waals surface area contributed by atoms with Crippen LogP contribution in [0.2, 0.25) is 0 Å². The van der Waals surface area contributed by atoms with Gasteiger partial charge in [0, 0.05) is 6.54 Å². The van der Waals surface area contributed by atoms with Crippen molar-refractivity contribution in [3.8, 4) is 0 Å². The van der Waals surface area contributed by atoms with Gasteiger partial charge in [-0.1, -0.05) is 6.92 Å². The largest absolute Gasteiger partial charge is 0.480 e. The third-order valence-corrected chi connectivity index (χ3v) is 5.02. The highest BCUT2D eigenvalue weighted by molar-refractivity contribution is 7.18. The van der Waals surface area contributed by atoms with Crippen molar-refractivity contribution in [2.45, 2.75) is 32.7 Å². The van der Waals surface area contributed by atoms with E-state index in [-0.39, 0.29) is 0 Å². The van der Waals surface area contributed by atoms with Crippen molar-refractivity contribution < 1.29 is 9.90 Å². The molecule has 5 nitrogen and oxygen atoms in total. The van der Waals surface area contributed by atoms with Gasteiger partial charge in [-0.3, -0.25) is 0 Å². The number of piperidine rings is 1. The van der Waals surface area contributed by atoms with Gasteiger partial charge >= 0.3 is 5.97 Å². The normalized spacial score (nSPS) is 23.2. The Morgan fingerprint density at radius 2 is 2.30 bits per heavy atom. The Morgan fingerprint density at radius 1 is 1.50 bits per heavy atom. The highest BCUT2D eigenvalue weighted by Crippen LogP contribution is 2.35. The minimum absolute atomic E-state index is 0.440. The smallest absolute Gasteiger partial charge is 0.326 e. The second-order valence-electron chi connectivity index (χ2n) is 5.47. The molecule has 2 unspecified atom stereocenters. The van der Waals surface area contributed by atoms with E-state index in [2.05, 4.69) is 16.9 Å². The van der Waals surface area contributed by atoms with Crippen LogP contribution in [0.1, 0.15) is 25.3 Å². The Labute approximate surface area is 121 Å². The standard InChI is InChI=1S/C14H17N3O2S/c1-8-3-4-17(10(5-8)14(18)19)13-12-11(15-7-16-13)9(2)6-20-12/h6-8,10H,3-5H2,1-2H3,(H,18,19). The quantitative estimate of drug-likeness (QED) is 0.921. The van der Waals surface area contributed by atoms with Crippen LogP contribution in [-0.2, 0) is 4.79 Å². The molecule has 1 N–H and O–H groups in total. The van der Waals surface area contributed by atoms with Crippen LogP contribution >= 0.6 is 11.3 Å². The molecular weight excluding hydrogens is 274 g/mol. The maximum atomic E-state index is 11.5. The maximum absolute atomic E-state index is 11.5. The molecule has 0 saturated carbocycles. The zero-order valence-corrected chi connectivity index (χ0v) is 12.4. The molecule has 3 heterocycles. The van der Waals surface area contributed by atoms with E-state index < -0.39 is 12.0 Å². The molecule has 0 bridgehead atoms. The van der Waals surface area contributed by atoms with E-state index in [9.17, 15) is 9.90 Å². The number of hydrogen-bond donors (Lipinski definition) is 1. The fraction of sp³-hybridized carbons (Fsp3) is 0.500. The number of anilines is 1. The lowest BCUT2D eigenvalue weighted by Gasteiger charge is -2.36. The van der Waals surface area contributed by atoms with Gasteiger partial charge in [-0.2, -0.15) is 0 Å². The number of carboxylic acids is 1. The third kappa shape index (κ3) is 2.14. The Morgan fingerprint density at radius 3 is 3.05 bits per heavy atom. The van der Waals surface area contributed by atoms with Crippen LogP contribution in [-0.4, -0.2) is 33.6 Å². The average Bonchev–Trinajstić information content (AvgIpc) is 2.81. The van der Waals surface area contributed by atoms with E-state index in [1.807, 2.05) is 17.2 Å². The highest BCUT2D eigenvalue weighted by atomic mass is 32.1. The summed E-state index contributed by atoms with van der Waals surface area (Å²) in [5.74, 6) is 0.443. The summed E-state index contributed by atoms with van der Waals surface area (Å²) in [6.07, 6.45) is 3.21. The molecule has 2 atom stereocenters. The first-order valence-electron chi connectivity index (χ1n) is 6.76. The van der Waals surface area contributed by atoms with E-state index in [1.54, 1.807) is 11.3 Å². The van der Waals surface area contributed by atoms with Crippen LogP contribution in [0.15, 0.2) is 11.7 Å². The third-order valence-electron chi connectivity index (χ3n) is 3.93. The molecule has 1 saturated heterocycles. The molecule has 1 aliphatic heterocycles. The van der Waals surface area contributed by atoms with Gasteiger partial charge in [-0.15, -0.1) is 11.3 Å². The number of carbonyl (C=O) groups is 1. The van der Waals surface area contributed by atoms with Crippen LogP contribution in [0.4, 0.5) is 5.82 Å². The van der Waals surface area contributed by atoms with Crippen molar-refractivity contribution in [2.24, 2.45) is 5.92 Å². The van der Waals surface area contributed by atoms with Crippen LogP contribution in [0.3, 0.4) is 0 Å². The Balaban J connectivity index is 2.07. The first-order valence-corrected chi connectivity index (χ1v) is 7.64. The van der Waals surface area contributed by atoms with E-state index in [0.717, 1.165) is 34.6 Å². The summed E-state index contributed by atoms with van der Waals surface area (Å²) in [6, 6.07) is -0.487. The van der Waals surface area contributed by atoms with Crippen LogP contribution in [0, 0.1) is 12.8 Å². The first-order chi connectivity index (χ1) is 9.58. The molecule has 3 rings (SSSR count). The molecule has 0 aromatic carbocycles. The predicted molar refractivity (Wildman–Crippen MR) is 79.3 cm³/mol. The first kappa shape index (κ1) is 13.3. The van der Waals surface area contributed by atoms with Crippen molar-refractivity contribution in [1.29, 1.82) is 0 Å². The van der Waals surface area contributed by atoms with Crippen molar-refractivity contribution >= 4 is 33.3 Å². The number of nitrogens with zero attached hydrogens (tertiary/aromatic N) is 3. The Hall–Kier alpha value is -1.69. The maximum Gasteiger partial charge on any atom is 0.326 e. The molecule has 0 radical (unpaired) electrons. The molecule has 20 heavy (non-hydrogen) atoms. The number of aromatic nitrogens is 2. The fourth-order valence-corrected chi connectivity index (χ4v) is 3.80. The Bertz CT molecular complexity index is 655. The second-order valence-corrected chi connectivity index (χ2v) is 6.35. The molecular formula is C14H17N3O2S. The van der Waals surface area contributed by atoms with E-state index >= 15 is 0 Å². The van der Waals surface area contributed by atoms with Crippen molar-refractivity contribution in [3.05, 3.63) is 17.3 Å². The van der Waals surface area contributed by atoms with Gasteiger partial charge in [0.15, 0.2) is 5.82 Å². The minimum atomic E-state index is -0.767. The lowest BCUT2D eigenvalue weighted by atomic mass is 9.92. The topological polar surface area (TPSA) is 66.3 Å². The molecule has 0 spiro atoms. The Kier molecular flexibility index (Phi) is 3.33. The molecule has 106 valence electrons. The van der Waals surface area contributed by atoms with E-state index in [0.29, 0.717) is 12.3 Å². The van der Waals surface area contributed by atoms with Gasteiger partial charge in [0.25, 0.3) is 0 Å². The number of rotatable bonds is 2. The molecule has 6 heteroatoms. The number of hydrogen-bond acceptors (Lipinski definition) is 5. The summed E-state index contributed by atoms with van der Waals surface area (Å²) in [4.78, 5) is 22.1. The SMILES string of the molecule is Cc1csc2c(N3CCC(C)CC3C(=O)O)ncnc12. The summed E-state index contributed by atoms with van der Waals surface area (Å²) in [6.45, 7) is 4.86. The van der Waals surface area contributed by atoms with Crippen molar-refractivity contribution in [2.75, 3.05) is 11.4 Å². The molecule has 1 aliphatic rings. The molecule has 1 fully saturated rings. The van der Waals surface area contributed by atoms with Gasteiger partial charge < -0.3 is 10.0 Å². The predicted octanol–water partition coefficient (Wildman–Crippen LogP) is 2.69. The number of carboxylic acid groups (broad SMARTS) is 1. The van der Waals surface area contributed by atoms with Gasteiger partial charge in [-0.05, 0) is 36.6 Å². The van der Waals surface area contributed by atoms with Crippen molar-refractivity contribution in [3.63, 3.8) is 0 Å². The van der Waals surface area contributed by atoms with Crippen LogP contribution in [0.25, 0.3) is 10.2 Å². The summed E-state index contributed by atoms with van der Waals surface area (Å²) < 4.78 is 0.991. The van der Waals surface area contributed by atoms with E-state index in [1.165, 1.54) is 6.33 Å². The molecule has 0 aliphatic carbocycles. The van der Waals surface area contributed by atoms with Gasteiger partial charge in [0.05, 0.1) is 10.2 Å². The summed E-state index contributed by atoms with van der Waals surface area (Å²) in [5.41, 5.74) is 2.05. The van der Waals surface area contributed by atoms with Gasteiger partial charge in [0.1, 0.15) is 12.4 Å². The summed E-state index contributed by atoms with van der Waals surface area (Å²) >= 11 is 1.59. The minimum Gasteiger partial charge on any atom is -0.480 e. The van der Waals surface area contributed by atoms with Gasteiger partial charge in [0.2, 0.25) is 0 Å². The summed E-state index contributed by atoms with van der Waals surface area (Å²) in [7, 11) is 0. The lowest BCUT2D eigenvalue weighted by molar-refractivity contribution is -0.139. The molecule has 2 aromatic heterocycles. The number of fused-ring (bicyclic) bond motifs is 1. The molecule has 0 amide bonds. The van der Waals surface area contributed by atoms with E-state index in [4.69, 9.17) is 0 Å². The van der Waals surface area contributed by atoms with Crippen LogP contribution < -0.4 is 4.90 Å². The fourth-order valence-electron chi connectivity index (χ4n) is 2.79. The monoisotopic (exact) mass is 291 g/mol. The average molecular weight is 291 g/mol. The lowest BCUT2D eigenvalue weighted by Crippen LogP contribution is -2.47. The molecule has 2 aromatic rings. The second kappa shape index (κ2) is 5.01. The van der Waals surface area contributed by atoms with Crippen LogP contribution in [0.5, 0.6) is 0 Å². The van der Waals surface area contributed by atoms with Gasteiger partial charge in [-0.25, -0.2) is 14.8 Å². The number of aryl methyl sites for hydroxylation is 1. The zero-order chi connectivity index (χ0) is 14.3. The highest BCUT2D eigenvalue weighted by Gasteiger charge is 2.33.